The predicted octanol–water partition coefficient (Wildman–Crippen LogP) is 5.18. The third kappa shape index (κ3) is 4.74. The van der Waals surface area contributed by atoms with Gasteiger partial charge in [-0.25, -0.2) is 0 Å². The minimum atomic E-state index is 0.919. The number of piperazine rings is 1. The molecule has 0 atom stereocenters. The van der Waals surface area contributed by atoms with Gasteiger partial charge in [0.2, 0.25) is 0 Å². The fourth-order valence-electron chi connectivity index (χ4n) is 3.83. The molecular formula is C25H28N2O2S. The average Bonchev–Trinajstić information content (AvgIpc) is 2.81. The van der Waals surface area contributed by atoms with E-state index in [4.69, 9.17) is 9.47 Å². The highest BCUT2D eigenvalue weighted by Gasteiger charge is 2.20. The Labute approximate surface area is 183 Å². The van der Waals surface area contributed by atoms with Crippen molar-refractivity contribution in [2.75, 3.05) is 45.3 Å². The maximum absolute atomic E-state index is 5.54. The summed E-state index contributed by atoms with van der Waals surface area (Å²) >= 11 is 1.78. The maximum Gasteiger partial charge on any atom is 0.142 e. The van der Waals surface area contributed by atoms with Crippen molar-refractivity contribution in [2.24, 2.45) is 0 Å². The lowest BCUT2D eigenvalue weighted by Gasteiger charge is -2.36. The van der Waals surface area contributed by atoms with E-state index in [9.17, 15) is 0 Å². The summed E-state index contributed by atoms with van der Waals surface area (Å²) in [5.41, 5.74) is 2.55. The number of hydrogen-bond donors (Lipinski definition) is 0. The summed E-state index contributed by atoms with van der Waals surface area (Å²) in [6.45, 7) is 5.03. The van der Waals surface area contributed by atoms with E-state index in [-0.39, 0.29) is 0 Å². The number of para-hydroxylation sites is 3. The molecule has 0 spiro atoms. The average molecular weight is 421 g/mol. The van der Waals surface area contributed by atoms with Gasteiger partial charge in [-0.05, 0) is 35.9 Å². The van der Waals surface area contributed by atoms with Crippen LogP contribution >= 0.6 is 11.8 Å². The zero-order valence-corrected chi connectivity index (χ0v) is 18.4. The summed E-state index contributed by atoms with van der Waals surface area (Å²) in [4.78, 5) is 7.39. The zero-order valence-electron chi connectivity index (χ0n) is 17.6. The molecular weight excluding hydrogens is 392 g/mol. The fraction of sp³-hybridized carbons (Fsp3) is 0.280. The van der Waals surface area contributed by atoms with Gasteiger partial charge in [0.05, 0.1) is 24.8 Å². The largest absolute Gasteiger partial charge is 0.496 e. The third-order valence-electron chi connectivity index (χ3n) is 5.45. The first-order valence-electron chi connectivity index (χ1n) is 10.3. The van der Waals surface area contributed by atoms with Crippen molar-refractivity contribution in [3.05, 3.63) is 78.4 Å². The minimum absolute atomic E-state index is 0.919. The summed E-state index contributed by atoms with van der Waals surface area (Å²) in [7, 11) is 3.47. The molecule has 30 heavy (non-hydrogen) atoms. The van der Waals surface area contributed by atoms with Crippen LogP contribution in [0.2, 0.25) is 0 Å². The fourth-order valence-corrected chi connectivity index (χ4v) is 4.88. The van der Waals surface area contributed by atoms with E-state index < -0.39 is 0 Å². The van der Waals surface area contributed by atoms with Crippen LogP contribution < -0.4 is 14.4 Å². The van der Waals surface area contributed by atoms with E-state index in [1.807, 2.05) is 24.3 Å². The number of nitrogens with zero attached hydrogens (tertiary/aromatic N) is 2. The second-order valence-corrected chi connectivity index (χ2v) is 8.38. The van der Waals surface area contributed by atoms with Crippen molar-refractivity contribution in [1.82, 2.24) is 4.90 Å². The van der Waals surface area contributed by atoms with E-state index in [1.54, 1.807) is 26.0 Å². The van der Waals surface area contributed by atoms with Crippen molar-refractivity contribution in [2.45, 2.75) is 16.3 Å². The normalized spacial score (nSPS) is 14.5. The van der Waals surface area contributed by atoms with Gasteiger partial charge in [0.15, 0.2) is 0 Å². The minimum Gasteiger partial charge on any atom is -0.496 e. The van der Waals surface area contributed by atoms with E-state index in [0.717, 1.165) is 49.1 Å². The van der Waals surface area contributed by atoms with E-state index in [1.165, 1.54) is 16.1 Å². The second-order valence-electron chi connectivity index (χ2n) is 7.30. The lowest BCUT2D eigenvalue weighted by Crippen LogP contribution is -2.46. The molecule has 0 amide bonds. The van der Waals surface area contributed by atoms with Gasteiger partial charge in [-0.2, -0.15) is 0 Å². The molecule has 1 heterocycles. The Morgan fingerprint density at radius 1 is 0.700 bits per heavy atom. The molecule has 5 heteroatoms. The van der Waals surface area contributed by atoms with Gasteiger partial charge in [-0.3, -0.25) is 4.90 Å². The van der Waals surface area contributed by atoms with Crippen LogP contribution in [0.1, 0.15) is 5.56 Å². The van der Waals surface area contributed by atoms with Gasteiger partial charge >= 0.3 is 0 Å². The lowest BCUT2D eigenvalue weighted by atomic mass is 10.2. The molecule has 0 radical (unpaired) electrons. The molecule has 1 aliphatic rings. The SMILES string of the molecule is COc1ccccc1Sc1ccccc1CN1CCN(c2ccccc2OC)CC1. The van der Waals surface area contributed by atoms with Crippen molar-refractivity contribution < 1.29 is 9.47 Å². The molecule has 0 unspecified atom stereocenters. The molecule has 3 aromatic carbocycles. The standard InChI is InChI=1S/C25H28N2O2S/c1-28-22-11-5-4-10-21(22)27-17-15-26(16-18-27)19-20-9-3-7-13-24(20)30-25-14-8-6-12-23(25)29-2/h3-14H,15-19H2,1-2H3. The van der Waals surface area contributed by atoms with E-state index in [0.29, 0.717) is 0 Å². The summed E-state index contributed by atoms with van der Waals surface area (Å²) in [6, 6.07) is 25.2. The Bertz CT molecular complexity index is 971. The molecule has 0 aliphatic carbocycles. The number of benzene rings is 3. The summed E-state index contributed by atoms with van der Waals surface area (Å²) < 4.78 is 11.1. The highest BCUT2D eigenvalue weighted by molar-refractivity contribution is 7.99. The van der Waals surface area contributed by atoms with Crippen LogP contribution in [-0.4, -0.2) is 45.3 Å². The molecule has 3 aromatic rings. The highest BCUT2D eigenvalue weighted by atomic mass is 32.2. The quantitative estimate of drug-likeness (QED) is 0.525. The summed E-state index contributed by atoms with van der Waals surface area (Å²) in [5, 5.41) is 0. The Morgan fingerprint density at radius 3 is 2.03 bits per heavy atom. The molecule has 1 saturated heterocycles. The van der Waals surface area contributed by atoms with Crippen LogP contribution in [0.15, 0.2) is 82.6 Å². The molecule has 0 N–H and O–H groups in total. The molecule has 4 rings (SSSR count). The van der Waals surface area contributed by atoms with Crippen LogP contribution in [0, 0.1) is 0 Å². The van der Waals surface area contributed by atoms with E-state index in [2.05, 4.69) is 58.3 Å². The van der Waals surface area contributed by atoms with Crippen LogP contribution in [-0.2, 0) is 6.54 Å². The Hall–Kier alpha value is -2.63. The number of methoxy groups -OCH3 is 2. The number of rotatable bonds is 7. The summed E-state index contributed by atoms with van der Waals surface area (Å²) in [5.74, 6) is 1.87. The second kappa shape index (κ2) is 9.92. The number of hydrogen-bond acceptors (Lipinski definition) is 5. The van der Waals surface area contributed by atoms with Gasteiger partial charge in [0.25, 0.3) is 0 Å². The lowest BCUT2D eigenvalue weighted by molar-refractivity contribution is 0.247. The van der Waals surface area contributed by atoms with Crippen molar-refractivity contribution >= 4 is 17.4 Å². The Morgan fingerprint density at radius 2 is 1.30 bits per heavy atom. The van der Waals surface area contributed by atoms with E-state index >= 15 is 0 Å². The highest BCUT2D eigenvalue weighted by Crippen LogP contribution is 2.37. The van der Waals surface area contributed by atoms with Crippen LogP contribution in [0.4, 0.5) is 5.69 Å². The van der Waals surface area contributed by atoms with Crippen LogP contribution in [0.25, 0.3) is 0 Å². The van der Waals surface area contributed by atoms with Gasteiger partial charge in [-0.15, -0.1) is 0 Å². The van der Waals surface area contributed by atoms with Gasteiger partial charge in [0.1, 0.15) is 11.5 Å². The molecule has 0 bridgehead atoms. The van der Waals surface area contributed by atoms with Gasteiger partial charge in [0, 0.05) is 37.6 Å². The van der Waals surface area contributed by atoms with Gasteiger partial charge in [-0.1, -0.05) is 54.2 Å². The van der Waals surface area contributed by atoms with Crippen molar-refractivity contribution in [3.8, 4) is 11.5 Å². The first-order valence-corrected chi connectivity index (χ1v) is 11.1. The number of anilines is 1. The zero-order chi connectivity index (χ0) is 20.8. The molecule has 1 fully saturated rings. The summed E-state index contributed by atoms with van der Waals surface area (Å²) in [6.07, 6.45) is 0. The van der Waals surface area contributed by atoms with Crippen molar-refractivity contribution in [1.29, 1.82) is 0 Å². The molecule has 0 saturated carbocycles. The molecule has 1 aliphatic heterocycles. The smallest absolute Gasteiger partial charge is 0.142 e. The topological polar surface area (TPSA) is 24.9 Å². The first kappa shape index (κ1) is 20.6. The van der Waals surface area contributed by atoms with Crippen LogP contribution in [0.3, 0.4) is 0 Å². The van der Waals surface area contributed by atoms with Gasteiger partial charge < -0.3 is 14.4 Å². The number of ether oxygens (including phenoxy) is 2. The monoisotopic (exact) mass is 420 g/mol. The van der Waals surface area contributed by atoms with Crippen LogP contribution in [0.5, 0.6) is 11.5 Å². The maximum atomic E-state index is 5.54. The molecule has 156 valence electrons. The molecule has 4 nitrogen and oxygen atoms in total. The Kier molecular flexibility index (Phi) is 6.82. The first-order chi connectivity index (χ1) is 14.8. The third-order valence-corrected chi connectivity index (χ3v) is 6.63. The van der Waals surface area contributed by atoms with Crippen molar-refractivity contribution in [3.63, 3.8) is 0 Å². The Balaban J connectivity index is 1.42. The predicted molar refractivity (Wildman–Crippen MR) is 124 cm³/mol. The molecule has 0 aromatic heterocycles.